The van der Waals surface area contributed by atoms with Crippen LogP contribution in [0.3, 0.4) is 0 Å². The molecular weight excluding hydrogens is 235 g/mol. The van der Waals surface area contributed by atoms with Gasteiger partial charge in [-0.15, -0.1) is 0 Å². The van der Waals surface area contributed by atoms with Gasteiger partial charge in [0.25, 0.3) is 8.25 Å². The molecular formula is C4H11NNa2O6P+. The number of ether oxygens (including phenoxy) is 1. The molecule has 0 aliphatic carbocycles. The van der Waals surface area contributed by atoms with E-state index in [0.717, 1.165) is 0 Å². The van der Waals surface area contributed by atoms with E-state index in [-0.39, 0.29) is 78.9 Å². The van der Waals surface area contributed by atoms with E-state index in [1.54, 1.807) is 0 Å². The van der Waals surface area contributed by atoms with Crippen molar-refractivity contribution >= 4 is 8.25 Å². The van der Waals surface area contributed by atoms with Crippen LogP contribution in [0.2, 0.25) is 0 Å². The molecule has 4 N–H and O–H groups in total. The number of hydrogen-bond donors (Lipinski definition) is 3. The van der Waals surface area contributed by atoms with Gasteiger partial charge >= 0.3 is 59.1 Å². The van der Waals surface area contributed by atoms with Crippen molar-refractivity contribution in [3.8, 4) is 0 Å². The summed E-state index contributed by atoms with van der Waals surface area (Å²) in [5, 5.41) is 16.5. The van der Waals surface area contributed by atoms with Crippen LogP contribution in [0.15, 0.2) is 0 Å². The second-order valence-corrected chi connectivity index (χ2v) is 2.04. The van der Waals surface area contributed by atoms with Crippen LogP contribution in [0.1, 0.15) is 0 Å². The van der Waals surface area contributed by atoms with Crippen molar-refractivity contribution in [1.82, 2.24) is 0 Å². The largest absolute Gasteiger partial charge is 1.00 e. The first-order valence-electron chi connectivity index (χ1n) is 2.94. The minimum absolute atomic E-state index is 0. The molecule has 0 aromatic carbocycles. The van der Waals surface area contributed by atoms with Crippen molar-refractivity contribution in [3.05, 3.63) is 0 Å². The third-order valence-electron chi connectivity index (χ3n) is 0.524. The molecule has 0 aromatic heterocycles. The Morgan fingerprint density at radius 1 is 1.43 bits per heavy atom. The van der Waals surface area contributed by atoms with Crippen LogP contribution in [-0.2, 0) is 9.30 Å². The number of rotatable bonds is 4. The number of hydrogen-bond acceptors (Lipinski definition) is 7. The molecule has 0 aliphatic heterocycles. The summed E-state index contributed by atoms with van der Waals surface area (Å²) < 4.78 is 13.1. The minimum atomic E-state index is -3.37. The van der Waals surface area contributed by atoms with E-state index in [4.69, 9.17) is 30.3 Å². The fourth-order valence-corrected chi connectivity index (χ4v) is 0.269. The number of aliphatic hydroxyl groups is 2. The Kier molecular flexibility index (Phi) is 36.1. The van der Waals surface area contributed by atoms with Gasteiger partial charge in [-0.1, -0.05) is 4.57 Å². The van der Waals surface area contributed by atoms with Crippen LogP contribution in [0.5, 0.6) is 0 Å². The van der Waals surface area contributed by atoms with Crippen molar-refractivity contribution in [3.63, 3.8) is 0 Å². The zero-order chi connectivity index (χ0) is 9.98. The second-order valence-electron chi connectivity index (χ2n) is 1.59. The zero-order valence-corrected chi connectivity index (χ0v) is 13.1. The Labute approximate surface area is 127 Å². The van der Waals surface area contributed by atoms with Crippen molar-refractivity contribution < 1.29 is 88.4 Å². The summed E-state index contributed by atoms with van der Waals surface area (Å²) in [6.45, 7) is 0.279. The molecule has 0 radical (unpaired) electrons. The fraction of sp³-hybridized carbons (Fsp3) is 1.00. The molecule has 0 saturated carbocycles. The summed E-state index contributed by atoms with van der Waals surface area (Å²) in [5.41, 5.74) is 4.88. The molecule has 14 heavy (non-hydrogen) atoms. The quantitative estimate of drug-likeness (QED) is 0.194. The predicted octanol–water partition coefficient (Wildman–Crippen LogP) is -9.36. The minimum Gasteiger partial charge on any atom is -0.598 e. The summed E-state index contributed by atoms with van der Waals surface area (Å²) in [4.78, 5) is 17.0. The summed E-state index contributed by atoms with van der Waals surface area (Å²) in [5.74, 6) is 0. The number of aliphatic hydroxyl groups excluding tert-OH is 2. The maximum atomic E-state index is 8.48. The SMILES string of the molecule is NC(O)COCCO.O=[P+]([O-])[O-].[Na+].[Na+]. The molecule has 1 unspecified atom stereocenters. The molecule has 7 nitrogen and oxygen atoms in total. The summed E-state index contributed by atoms with van der Waals surface area (Å²) in [6, 6.07) is 0. The van der Waals surface area contributed by atoms with E-state index in [0.29, 0.717) is 0 Å². The van der Waals surface area contributed by atoms with Crippen molar-refractivity contribution in [1.29, 1.82) is 0 Å². The average molecular weight is 246 g/mol. The predicted molar refractivity (Wildman–Crippen MR) is 35.7 cm³/mol. The van der Waals surface area contributed by atoms with E-state index in [1.807, 2.05) is 0 Å². The van der Waals surface area contributed by atoms with Gasteiger partial charge in [0.05, 0.1) is 19.8 Å². The first-order chi connectivity index (χ1) is 5.50. The van der Waals surface area contributed by atoms with Gasteiger partial charge in [-0.2, -0.15) is 0 Å². The molecule has 0 saturated heterocycles. The maximum Gasteiger partial charge on any atom is 1.00 e. The Morgan fingerprint density at radius 2 is 1.79 bits per heavy atom. The fourth-order valence-electron chi connectivity index (χ4n) is 0.269. The standard InChI is InChI=1S/C4H11NO3.2Na.HO3P/c5-4(7)3-8-2-1-6;;;1-4(2)3/h4,6-7H,1-3,5H2;;;(H,1,2,3)/q;2*+1;/p-1. The first kappa shape index (κ1) is 24.9. The van der Waals surface area contributed by atoms with Gasteiger partial charge in [0, 0.05) is 0 Å². The van der Waals surface area contributed by atoms with Crippen molar-refractivity contribution in [2.45, 2.75) is 6.23 Å². The monoisotopic (exact) mass is 246 g/mol. The molecule has 0 heterocycles. The first-order valence-corrected chi connectivity index (χ1v) is 4.04. The molecule has 0 amide bonds. The van der Waals surface area contributed by atoms with E-state index < -0.39 is 14.5 Å². The van der Waals surface area contributed by atoms with Crippen LogP contribution in [0.25, 0.3) is 0 Å². The Morgan fingerprint density at radius 3 is 2.00 bits per heavy atom. The molecule has 0 aliphatic rings. The van der Waals surface area contributed by atoms with Gasteiger partial charge in [0.2, 0.25) is 0 Å². The Balaban J connectivity index is -0.0000000733. The van der Waals surface area contributed by atoms with E-state index in [1.165, 1.54) is 0 Å². The Bertz CT molecular complexity index is 114. The second kappa shape index (κ2) is 20.3. The smallest absolute Gasteiger partial charge is 0.598 e. The molecule has 0 bridgehead atoms. The van der Waals surface area contributed by atoms with Gasteiger partial charge < -0.3 is 30.5 Å². The molecule has 0 aromatic rings. The molecule has 0 spiro atoms. The van der Waals surface area contributed by atoms with E-state index in [2.05, 4.69) is 4.74 Å². The van der Waals surface area contributed by atoms with Gasteiger partial charge in [-0.3, -0.25) is 0 Å². The van der Waals surface area contributed by atoms with Gasteiger partial charge in [-0.05, 0) is 0 Å². The van der Waals surface area contributed by atoms with E-state index >= 15 is 0 Å². The molecule has 0 fully saturated rings. The van der Waals surface area contributed by atoms with Gasteiger partial charge in [0.1, 0.15) is 6.23 Å². The molecule has 74 valence electrons. The van der Waals surface area contributed by atoms with Crippen LogP contribution < -0.4 is 74.6 Å². The van der Waals surface area contributed by atoms with Crippen LogP contribution in [-0.4, -0.2) is 36.3 Å². The van der Waals surface area contributed by atoms with Crippen LogP contribution >= 0.6 is 8.25 Å². The molecule has 1 atom stereocenters. The maximum absolute atomic E-state index is 8.48. The topological polar surface area (TPSA) is 139 Å². The van der Waals surface area contributed by atoms with Crippen molar-refractivity contribution in [2.75, 3.05) is 19.8 Å². The van der Waals surface area contributed by atoms with Crippen LogP contribution in [0.4, 0.5) is 0 Å². The normalized spacial score (nSPS) is 9.79. The third kappa shape index (κ3) is 48.7. The van der Waals surface area contributed by atoms with Gasteiger partial charge in [0.15, 0.2) is 0 Å². The molecule has 0 rings (SSSR count). The van der Waals surface area contributed by atoms with E-state index in [9.17, 15) is 0 Å². The molecule has 10 heteroatoms. The van der Waals surface area contributed by atoms with Crippen molar-refractivity contribution in [2.24, 2.45) is 5.73 Å². The summed E-state index contributed by atoms with van der Waals surface area (Å²) in [7, 11) is -3.37. The Hall–Kier alpha value is 1.86. The summed E-state index contributed by atoms with van der Waals surface area (Å²) >= 11 is 0. The summed E-state index contributed by atoms with van der Waals surface area (Å²) in [6.07, 6.45) is -0.929. The van der Waals surface area contributed by atoms with Crippen LogP contribution in [0, 0.1) is 0 Å². The number of nitrogens with two attached hydrogens (primary N) is 1. The zero-order valence-electron chi connectivity index (χ0n) is 8.25. The average Bonchev–Trinajstić information content (AvgIpc) is 1.86. The third-order valence-corrected chi connectivity index (χ3v) is 0.524. The van der Waals surface area contributed by atoms with Gasteiger partial charge in [-0.25, -0.2) is 0 Å².